The number of hydrogen-bond acceptors (Lipinski definition) is 3. The van der Waals surface area contributed by atoms with Gasteiger partial charge in [0, 0.05) is 19.3 Å². The van der Waals surface area contributed by atoms with Gasteiger partial charge in [-0.3, -0.25) is 0 Å². The average molecular weight is 208 g/mol. The zero-order valence-corrected chi connectivity index (χ0v) is 9.79. The molecule has 0 unspecified atom stereocenters. The molecule has 0 bridgehead atoms. The Labute approximate surface area is 92.0 Å². The quantitative estimate of drug-likeness (QED) is 0.721. The van der Waals surface area contributed by atoms with Crippen molar-refractivity contribution in [2.75, 3.05) is 39.2 Å². The van der Waals surface area contributed by atoms with Crippen molar-refractivity contribution in [2.24, 2.45) is 0 Å². The van der Waals surface area contributed by atoms with Gasteiger partial charge in [0.25, 0.3) is 0 Å². The van der Waals surface area contributed by atoms with Crippen molar-refractivity contribution in [3.8, 4) is 5.75 Å². The first-order valence-corrected chi connectivity index (χ1v) is 5.27. The highest BCUT2D eigenvalue weighted by Crippen LogP contribution is 2.17. The first-order chi connectivity index (χ1) is 7.27. The maximum Gasteiger partial charge on any atom is 0.119 e. The van der Waals surface area contributed by atoms with Gasteiger partial charge in [-0.15, -0.1) is 0 Å². The van der Waals surface area contributed by atoms with Crippen LogP contribution in [0.2, 0.25) is 0 Å². The van der Waals surface area contributed by atoms with Gasteiger partial charge in [-0.2, -0.15) is 0 Å². The highest BCUT2D eigenvalue weighted by Gasteiger charge is 1.99. The Hall–Kier alpha value is -1.22. The van der Waals surface area contributed by atoms with Crippen molar-refractivity contribution in [1.29, 1.82) is 0 Å². The summed E-state index contributed by atoms with van der Waals surface area (Å²) in [6, 6.07) is 8.14. The number of nitrogens with one attached hydrogen (secondary N) is 1. The molecular formula is C12H20N2O. The lowest BCUT2D eigenvalue weighted by molar-refractivity contribution is 0.415. The number of methoxy groups -OCH3 is 1. The number of nitrogens with zero attached hydrogens (tertiary/aromatic N) is 1. The largest absolute Gasteiger partial charge is 0.497 e. The van der Waals surface area contributed by atoms with Crippen molar-refractivity contribution >= 4 is 5.69 Å². The summed E-state index contributed by atoms with van der Waals surface area (Å²) in [4.78, 5) is 2.25. The maximum absolute atomic E-state index is 5.12. The smallest absolute Gasteiger partial charge is 0.119 e. The molecule has 0 radical (unpaired) electrons. The van der Waals surface area contributed by atoms with Crippen molar-refractivity contribution in [3.05, 3.63) is 24.3 Å². The first kappa shape index (κ1) is 11.9. The summed E-state index contributed by atoms with van der Waals surface area (Å²) in [5, 5.41) is 3.15. The summed E-state index contributed by atoms with van der Waals surface area (Å²) in [6.07, 6.45) is 1.15. The molecule has 0 spiro atoms. The van der Waals surface area contributed by atoms with Crippen LogP contribution in [0.3, 0.4) is 0 Å². The van der Waals surface area contributed by atoms with Crippen LogP contribution in [0.5, 0.6) is 5.75 Å². The second-order valence-corrected chi connectivity index (χ2v) is 3.58. The van der Waals surface area contributed by atoms with Crippen LogP contribution in [-0.2, 0) is 0 Å². The van der Waals surface area contributed by atoms with E-state index in [1.165, 1.54) is 5.69 Å². The summed E-state index contributed by atoms with van der Waals surface area (Å²) in [5.41, 5.74) is 1.23. The Kier molecular flexibility index (Phi) is 4.98. The van der Waals surface area contributed by atoms with Gasteiger partial charge in [0.15, 0.2) is 0 Å². The van der Waals surface area contributed by atoms with Crippen LogP contribution < -0.4 is 15.0 Å². The van der Waals surface area contributed by atoms with Gasteiger partial charge >= 0.3 is 0 Å². The van der Waals surface area contributed by atoms with E-state index in [1.807, 2.05) is 19.2 Å². The van der Waals surface area contributed by atoms with Crippen LogP contribution in [0.25, 0.3) is 0 Å². The third-order valence-electron chi connectivity index (χ3n) is 2.43. The standard InChI is InChI=1S/C12H20N2O/c1-13-9-4-10-14(2)11-5-7-12(15-3)8-6-11/h5-8,13H,4,9-10H2,1-3H3. The molecule has 0 saturated carbocycles. The average Bonchev–Trinajstić information content (AvgIpc) is 2.29. The Morgan fingerprint density at radius 1 is 1.27 bits per heavy atom. The van der Waals surface area contributed by atoms with Gasteiger partial charge in [0.05, 0.1) is 7.11 Å². The number of anilines is 1. The fourth-order valence-corrected chi connectivity index (χ4v) is 1.46. The van der Waals surface area contributed by atoms with Crippen LogP contribution in [0.4, 0.5) is 5.69 Å². The summed E-state index contributed by atoms with van der Waals surface area (Å²) in [6.45, 7) is 2.12. The van der Waals surface area contributed by atoms with E-state index in [9.17, 15) is 0 Å². The topological polar surface area (TPSA) is 24.5 Å². The molecule has 0 aliphatic heterocycles. The number of hydrogen-bond donors (Lipinski definition) is 1. The summed E-state index contributed by atoms with van der Waals surface area (Å²) in [5.74, 6) is 0.905. The highest BCUT2D eigenvalue weighted by atomic mass is 16.5. The Bertz CT molecular complexity index is 271. The van der Waals surface area contributed by atoms with Gasteiger partial charge in [-0.25, -0.2) is 0 Å². The molecule has 84 valence electrons. The lowest BCUT2D eigenvalue weighted by Gasteiger charge is -2.19. The molecule has 1 rings (SSSR count). The van der Waals surface area contributed by atoms with E-state index in [0.29, 0.717) is 0 Å². The second-order valence-electron chi connectivity index (χ2n) is 3.58. The SMILES string of the molecule is CNCCCN(C)c1ccc(OC)cc1. The van der Waals surface area contributed by atoms with Gasteiger partial charge in [0.1, 0.15) is 5.75 Å². The Morgan fingerprint density at radius 3 is 2.47 bits per heavy atom. The van der Waals surface area contributed by atoms with Crippen LogP contribution in [0.1, 0.15) is 6.42 Å². The van der Waals surface area contributed by atoms with Crippen LogP contribution >= 0.6 is 0 Å². The fraction of sp³-hybridized carbons (Fsp3) is 0.500. The predicted octanol–water partition coefficient (Wildman–Crippen LogP) is 1.74. The lowest BCUT2D eigenvalue weighted by Crippen LogP contribution is -2.22. The molecule has 0 aliphatic rings. The lowest BCUT2D eigenvalue weighted by atomic mass is 10.2. The maximum atomic E-state index is 5.12. The Balaban J connectivity index is 2.46. The fourth-order valence-electron chi connectivity index (χ4n) is 1.46. The van der Waals surface area contributed by atoms with Gasteiger partial charge in [-0.05, 0) is 44.3 Å². The number of rotatable bonds is 6. The molecule has 0 atom stereocenters. The van der Waals surface area contributed by atoms with Crippen molar-refractivity contribution < 1.29 is 4.74 Å². The molecule has 1 aromatic rings. The molecular weight excluding hydrogens is 188 g/mol. The molecule has 0 fully saturated rings. The van der Waals surface area contributed by atoms with Gasteiger partial charge < -0.3 is 15.0 Å². The van der Waals surface area contributed by atoms with Gasteiger partial charge in [0.2, 0.25) is 0 Å². The molecule has 0 aromatic heterocycles. The van der Waals surface area contributed by atoms with E-state index >= 15 is 0 Å². The van der Waals surface area contributed by atoms with Crippen LogP contribution in [0, 0.1) is 0 Å². The van der Waals surface area contributed by atoms with Crippen LogP contribution in [-0.4, -0.2) is 34.3 Å². The molecule has 3 heteroatoms. The third-order valence-corrected chi connectivity index (χ3v) is 2.43. The zero-order chi connectivity index (χ0) is 11.1. The monoisotopic (exact) mass is 208 g/mol. The van der Waals surface area contributed by atoms with Crippen molar-refractivity contribution in [1.82, 2.24) is 5.32 Å². The third kappa shape index (κ3) is 3.80. The normalized spacial score (nSPS) is 10.1. The van der Waals surface area contributed by atoms with E-state index in [-0.39, 0.29) is 0 Å². The minimum Gasteiger partial charge on any atom is -0.497 e. The predicted molar refractivity (Wildman–Crippen MR) is 64.8 cm³/mol. The van der Waals surface area contributed by atoms with Crippen molar-refractivity contribution in [3.63, 3.8) is 0 Å². The van der Waals surface area contributed by atoms with Crippen LogP contribution in [0.15, 0.2) is 24.3 Å². The minimum absolute atomic E-state index is 0.905. The summed E-state index contributed by atoms with van der Waals surface area (Å²) >= 11 is 0. The van der Waals surface area contributed by atoms with E-state index in [1.54, 1.807) is 7.11 Å². The molecule has 0 saturated heterocycles. The number of benzene rings is 1. The molecule has 0 heterocycles. The van der Waals surface area contributed by atoms with E-state index in [2.05, 4.69) is 29.4 Å². The molecule has 0 aliphatic carbocycles. The first-order valence-electron chi connectivity index (χ1n) is 5.27. The zero-order valence-electron chi connectivity index (χ0n) is 9.79. The van der Waals surface area contributed by atoms with E-state index in [0.717, 1.165) is 25.3 Å². The Morgan fingerprint density at radius 2 is 1.93 bits per heavy atom. The summed E-state index contributed by atoms with van der Waals surface area (Å²) < 4.78 is 5.12. The molecule has 0 amide bonds. The van der Waals surface area contributed by atoms with E-state index in [4.69, 9.17) is 4.74 Å². The highest BCUT2D eigenvalue weighted by molar-refractivity contribution is 5.48. The van der Waals surface area contributed by atoms with E-state index < -0.39 is 0 Å². The summed E-state index contributed by atoms with van der Waals surface area (Å²) in [7, 11) is 5.77. The van der Waals surface area contributed by atoms with Crippen molar-refractivity contribution in [2.45, 2.75) is 6.42 Å². The molecule has 3 nitrogen and oxygen atoms in total. The minimum atomic E-state index is 0.905. The molecule has 1 aromatic carbocycles. The molecule has 15 heavy (non-hydrogen) atoms. The molecule has 1 N–H and O–H groups in total. The number of ether oxygens (including phenoxy) is 1. The second kappa shape index (κ2) is 6.30. The van der Waals surface area contributed by atoms with Gasteiger partial charge in [-0.1, -0.05) is 0 Å².